The summed E-state index contributed by atoms with van der Waals surface area (Å²) in [6, 6.07) is 11.2. The first-order valence-electron chi connectivity index (χ1n) is 7.00. The number of thiophene rings is 1. The maximum Gasteiger partial charge on any atom is 0.203 e. The fourth-order valence-electron chi connectivity index (χ4n) is 2.52. The Bertz CT molecular complexity index is 841. The summed E-state index contributed by atoms with van der Waals surface area (Å²) >= 11 is 1.56. The number of ether oxygens (including phenoxy) is 3. The zero-order valence-corrected chi connectivity index (χ0v) is 13.9. The quantitative estimate of drug-likeness (QED) is 0.660. The van der Waals surface area contributed by atoms with Gasteiger partial charge in [-0.15, -0.1) is 11.3 Å². The second-order valence-corrected chi connectivity index (χ2v) is 5.80. The van der Waals surface area contributed by atoms with Crippen LogP contribution in [-0.2, 0) is 0 Å². The van der Waals surface area contributed by atoms with Gasteiger partial charge in [-0.3, -0.25) is 4.79 Å². The highest BCUT2D eigenvalue weighted by Crippen LogP contribution is 2.39. The zero-order valence-electron chi connectivity index (χ0n) is 13.1. The van der Waals surface area contributed by atoms with Crippen LogP contribution in [0.1, 0.15) is 15.9 Å². The van der Waals surface area contributed by atoms with Gasteiger partial charge in [0.15, 0.2) is 17.3 Å². The van der Waals surface area contributed by atoms with E-state index in [1.807, 2.05) is 29.6 Å². The first-order valence-corrected chi connectivity index (χ1v) is 7.88. The average molecular weight is 328 g/mol. The minimum Gasteiger partial charge on any atom is -0.493 e. The second-order valence-electron chi connectivity index (χ2n) is 4.89. The van der Waals surface area contributed by atoms with Gasteiger partial charge in [0.1, 0.15) is 0 Å². The molecule has 0 N–H and O–H groups in total. The molecule has 0 atom stereocenters. The fraction of sp³-hybridized carbons (Fsp3) is 0.167. The molecule has 3 aromatic rings. The molecule has 0 spiro atoms. The lowest BCUT2D eigenvalue weighted by molar-refractivity contribution is 0.104. The van der Waals surface area contributed by atoms with E-state index < -0.39 is 0 Å². The Balaban J connectivity index is 2.12. The van der Waals surface area contributed by atoms with Crippen molar-refractivity contribution in [2.45, 2.75) is 0 Å². The molecule has 4 nitrogen and oxygen atoms in total. The minimum atomic E-state index is -0.0679. The van der Waals surface area contributed by atoms with Gasteiger partial charge in [-0.05, 0) is 18.2 Å². The zero-order chi connectivity index (χ0) is 16.4. The fourth-order valence-corrected chi connectivity index (χ4v) is 3.46. The molecule has 5 heteroatoms. The summed E-state index contributed by atoms with van der Waals surface area (Å²) in [5, 5.41) is 2.84. The molecule has 0 saturated heterocycles. The maximum atomic E-state index is 12.9. The van der Waals surface area contributed by atoms with Gasteiger partial charge in [-0.2, -0.15) is 0 Å². The van der Waals surface area contributed by atoms with Crippen molar-refractivity contribution in [3.63, 3.8) is 0 Å². The van der Waals surface area contributed by atoms with E-state index in [2.05, 4.69) is 0 Å². The number of methoxy groups -OCH3 is 3. The Labute approximate surface area is 138 Å². The summed E-state index contributed by atoms with van der Waals surface area (Å²) in [6.45, 7) is 0. The second kappa shape index (κ2) is 6.30. The van der Waals surface area contributed by atoms with Crippen molar-refractivity contribution in [2.75, 3.05) is 21.3 Å². The third kappa shape index (κ3) is 2.64. The van der Waals surface area contributed by atoms with Gasteiger partial charge >= 0.3 is 0 Å². The van der Waals surface area contributed by atoms with Gasteiger partial charge in [-0.1, -0.05) is 18.2 Å². The first-order chi connectivity index (χ1) is 11.2. The molecule has 2 aromatic carbocycles. The van der Waals surface area contributed by atoms with E-state index in [0.717, 1.165) is 10.1 Å². The lowest BCUT2D eigenvalue weighted by atomic mass is 10.0. The van der Waals surface area contributed by atoms with E-state index in [4.69, 9.17) is 14.2 Å². The summed E-state index contributed by atoms with van der Waals surface area (Å²) in [7, 11) is 4.60. The van der Waals surface area contributed by atoms with E-state index in [1.165, 1.54) is 21.3 Å². The van der Waals surface area contributed by atoms with Crippen LogP contribution >= 0.6 is 11.3 Å². The van der Waals surface area contributed by atoms with Crippen LogP contribution in [0.3, 0.4) is 0 Å². The summed E-state index contributed by atoms with van der Waals surface area (Å²) < 4.78 is 17.0. The van der Waals surface area contributed by atoms with E-state index in [1.54, 1.807) is 23.5 Å². The number of hydrogen-bond acceptors (Lipinski definition) is 5. The van der Waals surface area contributed by atoms with Crippen LogP contribution in [0.5, 0.6) is 17.2 Å². The molecule has 0 radical (unpaired) electrons. The molecular formula is C18H16O4S. The van der Waals surface area contributed by atoms with Crippen molar-refractivity contribution in [1.29, 1.82) is 0 Å². The Morgan fingerprint density at radius 3 is 2.22 bits per heavy atom. The molecule has 0 aliphatic rings. The van der Waals surface area contributed by atoms with E-state index in [0.29, 0.717) is 28.4 Å². The number of benzene rings is 2. The number of carbonyl (C=O) groups is 1. The van der Waals surface area contributed by atoms with Gasteiger partial charge in [0.25, 0.3) is 0 Å². The van der Waals surface area contributed by atoms with Gasteiger partial charge in [0.2, 0.25) is 5.75 Å². The molecule has 0 bridgehead atoms. The molecular weight excluding hydrogens is 312 g/mol. The Kier molecular flexibility index (Phi) is 4.21. The number of fused-ring (bicyclic) bond motifs is 1. The molecule has 0 amide bonds. The van der Waals surface area contributed by atoms with Gasteiger partial charge in [-0.25, -0.2) is 0 Å². The van der Waals surface area contributed by atoms with Crippen molar-refractivity contribution in [1.82, 2.24) is 0 Å². The van der Waals surface area contributed by atoms with Crippen molar-refractivity contribution >= 4 is 27.2 Å². The van der Waals surface area contributed by atoms with Gasteiger partial charge < -0.3 is 14.2 Å². The van der Waals surface area contributed by atoms with Crippen LogP contribution < -0.4 is 14.2 Å². The summed E-state index contributed by atoms with van der Waals surface area (Å²) in [6.07, 6.45) is 0. The smallest absolute Gasteiger partial charge is 0.203 e. The van der Waals surface area contributed by atoms with Gasteiger partial charge in [0, 0.05) is 26.6 Å². The molecule has 23 heavy (non-hydrogen) atoms. The Hall–Kier alpha value is -2.53. The molecule has 3 rings (SSSR count). The highest BCUT2D eigenvalue weighted by atomic mass is 32.1. The molecule has 1 heterocycles. The molecule has 0 fully saturated rings. The maximum absolute atomic E-state index is 12.9. The molecule has 1 aromatic heterocycles. The number of hydrogen-bond donors (Lipinski definition) is 0. The average Bonchev–Trinajstić information content (AvgIpc) is 3.03. The third-order valence-electron chi connectivity index (χ3n) is 3.65. The normalized spacial score (nSPS) is 10.6. The Morgan fingerprint density at radius 1 is 0.957 bits per heavy atom. The third-order valence-corrected chi connectivity index (χ3v) is 4.62. The molecule has 0 aliphatic heterocycles. The van der Waals surface area contributed by atoms with Crippen LogP contribution in [0.4, 0.5) is 0 Å². The summed E-state index contributed by atoms with van der Waals surface area (Å²) in [4.78, 5) is 12.9. The molecule has 0 unspecified atom stereocenters. The standard InChI is InChI=1S/C18H16O4S/c1-20-14-8-11(9-15(21-2)18(14)22-3)17(19)13-10-23-16-7-5-4-6-12(13)16/h4-10H,1-3H3. The van der Waals surface area contributed by atoms with E-state index in [9.17, 15) is 4.79 Å². The van der Waals surface area contributed by atoms with Crippen LogP contribution in [-0.4, -0.2) is 27.1 Å². The topological polar surface area (TPSA) is 44.8 Å². The lowest BCUT2D eigenvalue weighted by Crippen LogP contribution is -2.03. The summed E-state index contributed by atoms with van der Waals surface area (Å²) in [5.74, 6) is 1.34. The van der Waals surface area contributed by atoms with Crippen molar-refractivity contribution < 1.29 is 19.0 Å². The van der Waals surface area contributed by atoms with E-state index >= 15 is 0 Å². The molecule has 0 aliphatic carbocycles. The Morgan fingerprint density at radius 2 is 1.61 bits per heavy atom. The largest absolute Gasteiger partial charge is 0.493 e. The van der Waals surface area contributed by atoms with Crippen LogP contribution in [0, 0.1) is 0 Å². The predicted molar refractivity (Wildman–Crippen MR) is 91.4 cm³/mol. The number of carbonyl (C=O) groups excluding carboxylic acids is 1. The van der Waals surface area contributed by atoms with Crippen molar-refractivity contribution in [2.24, 2.45) is 0 Å². The van der Waals surface area contributed by atoms with Crippen LogP contribution in [0.2, 0.25) is 0 Å². The molecule has 0 saturated carbocycles. The van der Waals surface area contributed by atoms with Crippen LogP contribution in [0.25, 0.3) is 10.1 Å². The van der Waals surface area contributed by atoms with E-state index in [-0.39, 0.29) is 5.78 Å². The van der Waals surface area contributed by atoms with Crippen molar-refractivity contribution in [3.05, 3.63) is 52.9 Å². The van der Waals surface area contributed by atoms with Gasteiger partial charge in [0.05, 0.1) is 21.3 Å². The molecule has 118 valence electrons. The minimum absolute atomic E-state index is 0.0679. The highest BCUT2D eigenvalue weighted by molar-refractivity contribution is 7.17. The van der Waals surface area contributed by atoms with Crippen molar-refractivity contribution in [3.8, 4) is 17.2 Å². The SMILES string of the molecule is COc1cc(C(=O)c2csc3ccccc23)cc(OC)c1OC. The number of rotatable bonds is 5. The highest BCUT2D eigenvalue weighted by Gasteiger charge is 2.20. The predicted octanol–water partition coefficient (Wildman–Crippen LogP) is 4.16. The first kappa shape index (κ1) is 15.4. The number of ketones is 1. The lowest BCUT2D eigenvalue weighted by Gasteiger charge is -2.13. The monoisotopic (exact) mass is 328 g/mol. The summed E-state index contributed by atoms with van der Waals surface area (Å²) in [5.41, 5.74) is 1.18. The van der Waals surface area contributed by atoms with Crippen LogP contribution in [0.15, 0.2) is 41.8 Å².